The highest BCUT2D eigenvalue weighted by Gasteiger charge is 2.12. The van der Waals surface area contributed by atoms with Gasteiger partial charge in [0.25, 0.3) is 5.88 Å². The van der Waals surface area contributed by atoms with E-state index < -0.39 is 0 Å². The Morgan fingerprint density at radius 3 is 2.88 bits per heavy atom. The molecule has 0 aliphatic rings. The molecular weight excluding hydrogens is 282 g/mol. The van der Waals surface area contributed by atoms with E-state index in [0.29, 0.717) is 12.5 Å². The highest BCUT2D eigenvalue weighted by molar-refractivity contribution is 9.10. The van der Waals surface area contributed by atoms with Gasteiger partial charge < -0.3 is 4.74 Å². The zero-order valence-corrected chi connectivity index (χ0v) is 11.9. The van der Waals surface area contributed by atoms with E-state index in [1.165, 1.54) is 0 Å². The Hall–Kier alpha value is -1.10. The highest BCUT2D eigenvalue weighted by Crippen LogP contribution is 2.22. The van der Waals surface area contributed by atoms with Gasteiger partial charge in [-0.3, -0.25) is 4.40 Å². The van der Waals surface area contributed by atoms with Crippen LogP contribution in [0.15, 0.2) is 23.2 Å². The van der Waals surface area contributed by atoms with E-state index in [9.17, 15) is 0 Å². The van der Waals surface area contributed by atoms with Crippen molar-refractivity contribution in [3.05, 3.63) is 23.2 Å². The molecule has 0 saturated carbocycles. The maximum Gasteiger partial charge on any atom is 0.259 e. The second-order valence-electron chi connectivity index (χ2n) is 5.19. The largest absolute Gasteiger partial charge is 0.475 e. The predicted molar refractivity (Wildman–Crippen MR) is 70.3 cm³/mol. The van der Waals surface area contributed by atoms with Crippen molar-refractivity contribution in [1.29, 1.82) is 0 Å². The van der Waals surface area contributed by atoms with Gasteiger partial charge in [-0.1, -0.05) is 20.8 Å². The van der Waals surface area contributed by atoms with Crippen LogP contribution >= 0.6 is 15.9 Å². The first-order valence-electron chi connectivity index (χ1n) is 5.58. The number of nitrogens with zero attached hydrogens (tertiary/aromatic N) is 3. The number of hydrogen-bond acceptors (Lipinski definition) is 3. The number of aromatic nitrogens is 3. The predicted octanol–water partition coefficient (Wildman–Crippen LogP) is 3.31. The molecule has 0 fully saturated rings. The van der Waals surface area contributed by atoms with Crippen molar-refractivity contribution < 1.29 is 4.74 Å². The highest BCUT2D eigenvalue weighted by atomic mass is 79.9. The van der Waals surface area contributed by atoms with Crippen LogP contribution in [0.4, 0.5) is 0 Å². The van der Waals surface area contributed by atoms with Crippen molar-refractivity contribution in [3.8, 4) is 5.88 Å². The monoisotopic (exact) mass is 297 g/mol. The summed E-state index contributed by atoms with van der Waals surface area (Å²) in [6, 6.07) is 0. The fourth-order valence-corrected chi connectivity index (χ4v) is 1.81. The molecule has 0 atom stereocenters. The van der Waals surface area contributed by atoms with E-state index in [2.05, 4.69) is 46.7 Å². The summed E-state index contributed by atoms with van der Waals surface area (Å²) >= 11 is 3.36. The summed E-state index contributed by atoms with van der Waals surface area (Å²) in [4.78, 5) is 8.53. The SMILES string of the molecule is CC(C)(C)CCOc1nc(Br)cn2ccnc12. The lowest BCUT2D eigenvalue weighted by atomic mass is 9.93. The topological polar surface area (TPSA) is 39.4 Å². The average molecular weight is 298 g/mol. The molecule has 0 aliphatic heterocycles. The minimum absolute atomic E-state index is 0.262. The van der Waals surface area contributed by atoms with Gasteiger partial charge in [0.15, 0.2) is 0 Å². The van der Waals surface area contributed by atoms with Crippen molar-refractivity contribution in [2.24, 2.45) is 5.41 Å². The zero-order chi connectivity index (χ0) is 12.5. The Morgan fingerprint density at radius 2 is 2.18 bits per heavy atom. The van der Waals surface area contributed by atoms with Crippen molar-refractivity contribution in [2.45, 2.75) is 27.2 Å². The molecule has 17 heavy (non-hydrogen) atoms. The fourth-order valence-electron chi connectivity index (χ4n) is 1.42. The van der Waals surface area contributed by atoms with Crippen LogP contribution in [0.3, 0.4) is 0 Å². The third kappa shape index (κ3) is 3.19. The third-order valence-corrected chi connectivity index (χ3v) is 2.79. The molecule has 0 aliphatic carbocycles. The molecule has 0 amide bonds. The van der Waals surface area contributed by atoms with Gasteiger partial charge in [-0.15, -0.1) is 0 Å². The molecule has 0 unspecified atom stereocenters. The Balaban J connectivity index is 2.15. The zero-order valence-electron chi connectivity index (χ0n) is 10.3. The first kappa shape index (κ1) is 12.4. The molecule has 0 radical (unpaired) electrons. The van der Waals surface area contributed by atoms with E-state index in [0.717, 1.165) is 16.7 Å². The molecule has 0 saturated heterocycles. The lowest BCUT2D eigenvalue weighted by molar-refractivity contribution is 0.237. The van der Waals surface area contributed by atoms with Gasteiger partial charge in [-0.2, -0.15) is 0 Å². The summed E-state index contributed by atoms with van der Waals surface area (Å²) in [5.74, 6) is 0.577. The minimum atomic E-state index is 0.262. The summed E-state index contributed by atoms with van der Waals surface area (Å²) in [6.45, 7) is 7.22. The Kier molecular flexibility index (Phi) is 3.38. The van der Waals surface area contributed by atoms with Crippen LogP contribution in [0.1, 0.15) is 27.2 Å². The number of ether oxygens (including phenoxy) is 1. The van der Waals surface area contributed by atoms with Crippen molar-refractivity contribution >= 4 is 21.6 Å². The molecule has 0 spiro atoms. The van der Waals surface area contributed by atoms with Crippen LogP contribution in [0.25, 0.3) is 5.65 Å². The summed E-state index contributed by atoms with van der Waals surface area (Å²) in [7, 11) is 0. The molecule has 5 heteroatoms. The van der Waals surface area contributed by atoms with Crippen LogP contribution in [-0.2, 0) is 0 Å². The van der Waals surface area contributed by atoms with Gasteiger partial charge in [-0.25, -0.2) is 9.97 Å². The lowest BCUT2D eigenvalue weighted by Crippen LogP contribution is -2.12. The van der Waals surface area contributed by atoms with Crippen molar-refractivity contribution in [3.63, 3.8) is 0 Å². The standard InChI is InChI=1S/C12H16BrN3O/c1-12(2,3)4-7-17-11-10-14-5-6-16(10)8-9(13)15-11/h5-6,8H,4,7H2,1-3H3. The van der Waals surface area contributed by atoms with E-state index >= 15 is 0 Å². The van der Waals surface area contributed by atoms with Crippen LogP contribution in [0.2, 0.25) is 0 Å². The fraction of sp³-hybridized carbons (Fsp3) is 0.500. The number of halogens is 1. The molecule has 92 valence electrons. The number of hydrogen-bond donors (Lipinski definition) is 0. The summed E-state index contributed by atoms with van der Waals surface area (Å²) in [5.41, 5.74) is 1.01. The van der Waals surface area contributed by atoms with Crippen molar-refractivity contribution in [2.75, 3.05) is 6.61 Å². The first-order valence-corrected chi connectivity index (χ1v) is 6.37. The number of imidazole rings is 1. The third-order valence-electron chi connectivity index (χ3n) is 2.40. The molecule has 2 aromatic rings. The molecular formula is C12H16BrN3O. The molecule has 0 N–H and O–H groups in total. The van der Waals surface area contributed by atoms with Crippen LogP contribution in [0.5, 0.6) is 5.88 Å². The second-order valence-corrected chi connectivity index (χ2v) is 6.00. The Labute approximate surface area is 109 Å². The minimum Gasteiger partial charge on any atom is -0.475 e. The van der Waals surface area contributed by atoms with E-state index in [-0.39, 0.29) is 5.41 Å². The van der Waals surface area contributed by atoms with Gasteiger partial charge in [0.2, 0.25) is 5.65 Å². The van der Waals surface area contributed by atoms with Crippen LogP contribution in [0, 0.1) is 5.41 Å². The molecule has 2 aromatic heterocycles. The van der Waals surface area contributed by atoms with E-state index in [1.54, 1.807) is 6.20 Å². The normalized spacial score (nSPS) is 12.0. The average Bonchev–Trinajstić information content (AvgIpc) is 2.63. The van der Waals surface area contributed by atoms with Crippen molar-refractivity contribution in [1.82, 2.24) is 14.4 Å². The maximum atomic E-state index is 5.71. The van der Waals surface area contributed by atoms with E-state index in [4.69, 9.17) is 4.74 Å². The first-order chi connectivity index (χ1) is 7.96. The lowest BCUT2D eigenvalue weighted by Gasteiger charge is -2.17. The van der Waals surface area contributed by atoms with Gasteiger partial charge in [0.1, 0.15) is 4.60 Å². The summed E-state index contributed by atoms with van der Waals surface area (Å²) in [6.07, 6.45) is 6.45. The maximum absolute atomic E-state index is 5.71. The molecule has 2 heterocycles. The van der Waals surface area contributed by atoms with Gasteiger partial charge in [0, 0.05) is 18.6 Å². The van der Waals surface area contributed by atoms with E-state index in [1.807, 2.05) is 16.8 Å². The molecule has 0 bridgehead atoms. The smallest absolute Gasteiger partial charge is 0.259 e. The molecule has 0 aromatic carbocycles. The quantitative estimate of drug-likeness (QED) is 0.872. The Morgan fingerprint density at radius 1 is 1.41 bits per heavy atom. The summed E-state index contributed by atoms with van der Waals surface area (Å²) in [5, 5.41) is 0. The van der Waals surface area contributed by atoms with Gasteiger partial charge in [-0.05, 0) is 27.8 Å². The van der Waals surface area contributed by atoms with Gasteiger partial charge in [0.05, 0.1) is 6.61 Å². The molecule has 4 nitrogen and oxygen atoms in total. The van der Waals surface area contributed by atoms with Gasteiger partial charge >= 0.3 is 0 Å². The summed E-state index contributed by atoms with van der Waals surface area (Å²) < 4.78 is 8.35. The van der Waals surface area contributed by atoms with Crippen LogP contribution < -0.4 is 4.74 Å². The Bertz CT molecular complexity index is 516. The second kappa shape index (κ2) is 4.64. The number of fused-ring (bicyclic) bond motifs is 1. The van der Waals surface area contributed by atoms with Crippen LogP contribution in [-0.4, -0.2) is 21.0 Å². The molecule has 2 rings (SSSR count). The number of rotatable bonds is 3.